The van der Waals surface area contributed by atoms with Crippen LogP contribution in [0.15, 0.2) is 11.6 Å². The van der Waals surface area contributed by atoms with Gasteiger partial charge in [0.15, 0.2) is 0 Å². The van der Waals surface area contributed by atoms with Crippen LogP contribution in [0, 0.1) is 0 Å². The van der Waals surface area contributed by atoms with Crippen LogP contribution in [0.2, 0.25) is 25.7 Å². The third kappa shape index (κ3) is 12.5. The maximum absolute atomic E-state index is 11.0. The molecular weight excluding hydrogens is 288 g/mol. The lowest BCUT2D eigenvalue weighted by atomic mass is 10.1. The summed E-state index contributed by atoms with van der Waals surface area (Å²) in [5, 5.41) is 0. The fourth-order valence-corrected chi connectivity index (χ4v) is 2.22. The zero-order valence-electron chi connectivity index (χ0n) is 13.8. The van der Waals surface area contributed by atoms with Gasteiger partial charge in [-0.2, -0.15) is 0 Å². The van der Waals surface area contributed by atoms with E-state index in [9.17, 15) is 9.59 Å². The first-order valence-corrected chi connectivity index (χ1v) is 10.9. The van der Waals surface area contributed by atoms with Gasteiger partial charge in [-0.15, -0.1) is 0 Å². The Morgan fingerprint density at radius 2 is 1.95 bits per heavy atom. The first-order valence-electron chi connectivity index (χ1n) is 7.18. The minimum absolute atomic E-state index is 0.133. The van der Waals surface area contributed by atoms with Crippen LogP contribution in [0.25, 0.3) is 0 Å². The molecule has 0 saturated heterocycles. The number of carbonyl (C=O) groups excluding carboxylic acids is 2. The summed E-state index contributed by atoms with van der Waals surface area (Å²) in [6, 6.07) is 1.07. The van der Waals surface area contributed by atoms with Crippen LogP contribution in [-0.4, -0.2) is 46.9 Å². The second kappa shape index (κ2) is 10.7. The van der Waals surface area contributed by atoms with E-state index < -0.39 is 14.2 Å². The van der Waals surface area contributed by atoms with Crippen molar-refractivity contribution in [2.24, 2.45) is 0 Å². The molecule has 0 aromatic rings. The minimum atomic E-state index is -1.09. The number of ether oxygens (including phenoxy) is 3. The van der Waals surface area contributed by atoms with Gasteiger partial charge in [-0.25, -0.2) is 4.79 Å². The third-order valence-corrected chi connectivity index (χ3v) is 4.61. The number of hydrogen-bond donors (Lipinski definition) is 0. The van der Waals surface area contributed by atoms with E-state index in [2.05, 4.69) is 24.4 Å². The molecule has 5 nitrogen and oxygen atoms in total. The Kier molecular flexibility index (Phi) is 10.2. The molecule has 0 rings (SSSR count). The molecule has 122 valence electrons. The highest BCUT2D eigenvalue weighted by Gasteiger charge is 2.13. The van der Waals surface area contributed by atoms with E-state index in [1.165, 1.54) is 13.2 Å². The van der Waals surface area contributed by atoms with Gasteiger partial charge in [0.2, 0.25) is 0 Å². The molecule has 0 N–H and O–H groups in total. The van der Waals surface area contributed by atoms with Crippen molar-refractivity contribution in [2.75, 3.05) is 20.5 Å². The number of hydrogen-bond acceptors (Lipinski definition) is 5. The van der Waals surface area contributed by atoms with Gasteiger partial charge in [-0.1, -0.05) is 25.2 Å². The molecule has 0 aromatic heterocycles. The topological polar surface area (TPSA) is 61.8 Å². The summed E-state index contributed by atoms with van der Waals surface area (Å²) in [5.74, 6) is -0.384. The van der Waals surface area contributed by atoms with Gasteiger partial charge in [0.1, 0.15) is 19.2 Å². The van der Waals surface area contributed by atoms with Gasteiger partial charge < -0.3 is 19.0 Å². The summed E-state index contributed by atoms with van der Waals surface area (Å²) in [5.41, 5.74) is 0.858. The van der Waals surface area contributed by atoms with Crippen molar-refractivity contribution in [1.82, 2.24) is 0 Å². The normalized spacial score (nSPS) is 13.9. The fourth-order valence-electron chi connectivity index (χ4n) is 1.47. The van der Waals surface area contributed by atoms with Crippen molar-refractivity contribution in [1.29, 1.82) is 0 Å². The lowest BCUT2D eigenvalue weighted by molar-refractivity contribution is -0.134. The predicted octanol–water partition coefficient (Wildman–Crippen LogP) is 2.78. The Morgan fingerprint density at radius 1 is 1.29 bits per heavy atom. The highest BCUT2D eigenvalue weighted by Crippen LogP contribution is 2.10. The van der Waals surface area contributed by atoms with Gasteiger partial charge >= 0.3 is 5.97 Å². The van der Waals surface area contributed by atoms with E-state index in [0.717, 1.165) is 17.9 Å². The van der Waals surface area contributed by atoms with E-state index in [4.69, 9.17) is 9.47 Å². The number of methoxy groups -OCH3 is 1. The number of aldehydes is 1. The van der Waals surface area contributed by atoms with Crippen LogP contribution in [-0.2, 0) is 23.8 Å². The van der Waals surface area contributed by atoms with E-state index in [1.54, 1.807) is 0 Å². The van der Waals surface area contributed by atoms with Gasteiger partial charge in [0, 0.05) is 20.8 Å². The van der Waals surface area contributed by atoms with Crippen molar-refractivity contribution in [3.8, 4) is 0 Å². The molecule has 0 amide bonds. The van der Waals surface area contributed by atoms with E-state index in [0.29, 0.717) is 19.4 Å². The molecule has 1 atom stereocenters. The Bertz CT molecular complexity index is 346. The summed E-state index contributed by atoms with van der Waals surface area (Å²) < 4.78 is 15.3. The second-order valence-electron chi connectivity index (χ2n) is 6.23. The van der Waals surface area contributed by atoms with Crippen molar-refractivity contribution >= 4 is 20.3 Å². The molecule has 0 aliphatic heterocycles. The number of rotatable bonds is 11. The molecule has 0 aromatic carbocycles. The van der Waals surface area contributed by atoms with Gasteiger partial charge in [-0.05, 0) is 25.8 Å². The van der Waals surface area contributed by atoms with E-state index in [-0.39, 0.29) is 12.8 Å². The summed E-state index contributed by atoms with van der Waals surface area (Å²) >= 11 is 0. The zero-order chi connectivity index (χ0) is 16.3. The second-order valence-corrected chi connectivity index (χ2v) is 11.9. The maximum atomic E-state index is 11.0. The van der Waals surface area contributed by atoms with Crippen molar-refractivity contribution in [2.45, 2.75) is 51.6 Å². The zero-order valence-corrected chi connectivity index (χ0v) is 14.8. The van der Waals surface area contributed by atoms with Crippen LogP contribution in [0.4, 0.5) is 0 Å². The molecule has 0 fully saturated rings. The highest BCUT2D eigenvalue weighted by atomic mass is 28.3. The summed E-state index contributed by atoms with van der Waals surface area (Å²) in [6.07, 6.45) is 2.82. The molecule has 0 heterocycles. The Balaban J connectivity index is 3.89. The van der Waals surface area contributed by atoms with Crippen molar-refractivity contribution in [3.05, 3.63) is 11.6 Å². The number of carbonyl (C=O) groups is 2. The van der Waals surface area contributed by atoms with Crippen LogP contribution < -0.4 is 0 Å². The molecule has 0 saturated carbocycles. The third-order valence-electron chi connectivity index (χ3n) is 2.90. The van der Waals surface area contributed by atoms with Gasteiger partial charge in [0.05, 0.1) is 7.11 Å². The van der Waals surface area contributed by atoms with Crippen LogP contribution in [0.3, 0.4) is 0 Å². The molecule has 0 aliphatic carbocycles. The van der Waals surface area contributed by atoms with Crippen LogP contribution in [0.5, 0.6) is 0 Å². The molecule has 0 bridgehead atoms. The maximum Gasteiger partial charge on any atom is 0.330 e. The average Bonchev–Trinajstić information content (AvgIpc) is 2.40. The number of esters is 1. The fraction of sp³-hybridized carbons (Fsp3) is 0.733. The van der Waals surface area contributed by atoms with Crippen LogP contribution >= 0.6 is 0 Å². The lowest BCUT2D eigenvalue weighted by Gasteiger charge is -2.16. The average molecular weight is 316 g/mol. The van der Waals surface area contributed by atoms with E-state index in [1.807, 2.05) is 6.92 Å². The molecular formula is C15H28O5Si. The largest absolute Gasteiger partial charge is 0.466 e. The highest BCUT2D eigenvalue weighted by molar-refractivity contribution is 6.76. The molecule has 0 aliphatic rings. The molecule has 21 heavy (non-hydrogen) atoms. The molecule has 0 unspecified atom stereocenters. The molecule has 6 heteroatoms. The Hall–Kier alpha value is -0.983. The quantitative estimate of drug-likeness (QED) is 0.146. The summed E-state index contributed by atoms with van der Waals surface area (Å²) in [7, 11) is 0.241. The monoisotopic (exact) mass is 316 g/mol. The minimum Gasteiger partial charge on any atom is -0.466 e. The Morgan fingerprint density at radius 3 is 2.48 bits per heavy atom. The van der Waals surface area contributed by atoms with Gasteiger partial charge in [0.25, 0.3) is 0 Å². The van der Waals surface area contributed by atoms with Gasteiger partial charge in [-0.3, -0.25) is 0 Å². The number of allylic oxidation sites excluding steroid dienone is 1. The predicted molar refractivity (Wildman–Crippen MR) is 84.9 cm³/mol. The summed E-state index contributed by atoms with van der Waals surface area (Å²) in [6.45, 7) is 9.46. The smallest absolute Gasteiger partial charge is 0.330 e. The molecule has 0 spiro atoms. The first kappa shape index (κ1) is 20.0. The van der Waals surface area contributed by atoms with Crippen LogP contribution in [0.1, 0.15) is 19.8 Å². The van der Waals surface area contributed by atoms with E-state index >= 15 is 0 Å². The first-order chi connectivity index (χ1) is 9.78. The van der Waals surface area contributed by atoms with Crippen molar-refractivity contribution < 1.29 is 23.8 Å². The van der Waals surface area contributed by atoms with Crippen molar-refractivity contribution in [3.63, 3.8) is 0 Å². The molecule has 0 radical (unpaired) electrons. The Labute approximate surface area is 128 Å². The summed E-state index contributed by atoms with van der Waals surface area (Å²) in [4.78, 5) is 22.0. The lowest BCUT2D eigenvalue weighted by Crippen LogP contribution is -2.23. The SMILES string of the molecule is COC(=O)/C=C(/C)CC[C@@H](C=O)OCOCC[Si](C)(C)C. The standard InChI is InChI=1S/C15H28O5Si/c1-13(10-15(17)18-2)6-7-14(11-16)20-12-19-8-9-21(3,4)5/h10-11,14H,6-9,12H2,1-5H3/b13-10-/t14-/m0/s1.